The van der Waals surface area contributed by atoms with Gasteiger partial charge < -0.3 is 5.11 Å². The topological polar surface area (TPSA) is 54.4 Å². The maximum atomic E-state index is 12.3. The van der Waals surface area contributed by atoms with Gasteiger partial charge in [0.2, 0.25) is 0 Å². The lowest BCUT2D eigenvalue weighted by atomic mass is 9.77. The smallest absolute Gasteiger partial charge is 0.335 e. The summed E-state index contributed by atoms with van der Waals surface area (Å²) in [4.78, 5) is 23.2. The number of aromatic carboxylic acids is 1. The number of carbonyl (C=O) groups is 2. The summed E-state index contributed by atoms with van der Waals surface area (Å²) >= 11 is 0. The molecule has 0 unspecified atom stereocenters. The Hall–Kier alpha value is -1.64. The molecule has 1 N–H and O–H groups in total. The fourth-order valence-electron chi connectivity index (χ4n) is 1.71. The van der Waals surface area contributed by atoms with Gasteiger partial charge in [-0.05, 0) is 25.0 Å². The van der Waals surface area contributed by atoms with Gasteiger partial charge in [0.05, 0.1) is 5.56 Å². The van der Waals surface area contributed by atoms with Crippen molar-refractivity contribution in [2.75, 3.05) is 0 Å². The van der Waals surface area contributed by atoms with Gasteiger partial charge in [-0.15, -0.1) is 0 Å². The fraction of sp³-hybridized carbons (Fsp3) is 0.429. The van der Waals surface area contributed by atoms with Gasteiger partial charge in [-0.2, -0.15) is 0 Å². The van der Waals surface area contributed by atoms with Crippen molar-refractivity contribution in [3.63, 3.8) is 0 Å². The third kappa shape index (κ3) is 2.73. The number of hydrogen-bond acceptors (Lipinski definition) is 2. The lowest BCUT2D eigenvalue weighted by Crippen LogP contribution is -2.26. The molecule has 17 heavy (non-hydrogen) atoms. The molecule has 1 aromatic rings. The molecule has 0 aliphatic heterocycles. The molecular weight excluding hydrogens is 216 g/mol. The van der Waals surface area contributed by atoms with E-state index in [-0.39, 0.29) is 11.3 Å². The molecule has 1 rings (SSSR count). The second-order valence-corrected chi connectivity index (χ2v) is 4.48. The van der Waals surface area contributed by atoms with E-state index in [1.54, 1.807) is 12.1 Å². The fourth-order valence-corrected chi connectivity index (χ4v) is 1.71. The van der Waals surface area contributed by atoms with Crippen LogP contribution >= 0.6 is 0 Å². The molecule has 0 amide bonds. The summed E-state index contributed by atoms with van der Waals surface area (Å²) in [5.41, 5.74) is 0.235. The Kier molecular flexibility index (Phi) is 4.05. The van der Waals surface area contributed by atoms with Crippen molar-refractivity contribution in [1.29, 1.82) is 0 Å². The van der Waals surface area contributed by atoms with Crippen LogP contribution in [0.15, 0.2) is 24.3 Å². The maximum absolute atomic E-state index is 12.3. The van der Waals surface area contributed by atoms with Crippen LogP contribution in [0.1, 0.15) is 54.3 Å². The maximum Gasteiger partial charge on any atom is 0.335 e. The lowest BCUT2D eigenvalue weighted by Gasteiger charge is -2.24. The van der Waals surface area contributed by atoms with Crippen molar-refractivity contribution in [3.8, 4) is 0 Å². The van der Waals surface area contributed by atoms with Crippen molar-refractivity contribution in [3.05, 3.63) is 35.4 Å². The van der Waals surface area contributed by atoms with E-state index in [2.05, 4.69) is 0 Å². The normalized spacial score (nSPS) is 11.2. The zero-order valence-electron chi connectivity index (χ0n) is 10.5. The summed E-state index contributed by atoms with van der Waals surface area (Å²) in [7, 11) is 0. The SMILES string of the molecule is CCC(C)(CC)C(=O)c1cccc(C(=O)O)c1. The van der Waals surface area contributed by atoms with Crippen LogP contribution < -0.4 is 0 Å². The van der Waals surface area contributed by atoms with Gasteiger partial charge in [-0.3, -0.25) is 4.79 Å². The number of benzene rings is 1. The molecule has 0 saturated heterocycles. The average molecular weight is 234 g/mol. The first-order chi connectivity index (χ1) is 7.94. The molecule has 0 aliphatic carbocycles. The quantitative estimate of drug-likeness (QED) is 0.794. The summed E-state index contributed by atoms with van der Waals surface area (Å²) in [5, 5.41) is 8.90. The zero-order valence-corrected chi connectivity index (χ0v) is 10.5. The van der Waals surface area contributed by atoms with E-state index < -0.39 is 11.4 Å². The highest BCUT2D eigenvalue weighted by Gasteiger charge is 2.30. The molecular formula is C14H18O3. The number of rotatable bonds is 5. The van der Waals surface area contributed by atoms with Gasteiger partial charge in [0.1, 0.15) is 0 Å². The minimum Gasteiger partial charge on any atom is -0.478 e. The number of hydrogen-bond donors (Lipinski definition) is 1. The highest BCUT2D eigenvalue weighted by molar-refractivity contribution is 6.02. The minimum absolute atomic E-state index is 0.0191. The average Bonchev–Trinajstić information content (AvgIpc) is 2.37. The number of Topliss-reactive ketones (excluding diaryl/α,β-unsaturated/α-hetero) is 1. The summed E-state index contributed by atoms with van der Waals surface area (Å²) in [5.74, 6) is -0.986. The van der Waals surface area contributed by atoms with Crippen LogP contribution in [0.2, 0.25) is 0 Å². The molecule has 0 radical (unpaired) electrons. The lowest BCUT2D eigenvalue weighted by molar-refractivity contribution is 0.0697. The van der Waals surface area contributed by atoms with E-state index in [0.717, 1.165) is 12.8 Å². The number of carbonyl (C=O) groups excluding carboxylic acids is 1. The Morgan fingerprint density at radius 1 is 1.18 bits per heavy atom. The van der Waals surface area contributed by atoms with Crippen LogP contribution in [0.4, 0.5) is 0 Å². The number of carboxylic acid groups (broad SMARTS) is 1. The predicted molar refractivity (Wildman–Crippen MR) is 66.4 cm³/mol. The molecule has 0 bridgehead atoms. The Morgan fingerprint density at radius 2 is 1.71 bits per heavy atom. The summed E-state index contributed by atoms with van der Waals surface area (Å²) in [6.45, 7) is 5.87. The van der Waals surface area contributed by atoms with Crippen LogP contribution in [0, 0.1) is 5.41 Å². The first kappa shape index (κ1) is 13.4. The van der Waals surface area contributed by atoms with E-state index in [4.69, 9.17) is 5.11 Å². The molecule has 0 saturated carbocycles. The standard InChI is InChI=1S/C14H18O3/c1-4-14(3,5-2)12(15)10-7-6-8-11(9-10)13(16)17/h6-9H,4-5H2,1-3H3,(H,16,17). The highest BCUT2D eigenvalue weighted by Crippen LogP contribution is 2.30. The van der Waals surface area contributed by atoms with Gasteiger partial charge in [0, 0.05) is 11.0 Å². The summed E-state index contributed by atoms with van der Waals surface area (Å²) in [6, 6.07) is 6.24. The molecule has 1 aromatic carbocycles. The molecule has 0 heterocycles. The molecule has 3 heteroatoms. The van der Waals surface area contributed by atoms with Crippen LogP contribution in [-0.4, -0.2) is 16.9 Å². The number of ketones is 1. The van der Waals surface area contributed by atoms with Crippen molar-refractivity contribution in [2.45, 2.75) is 33.6 Å². The second kappa shape index (κ2) is 5.13. The van der Waals surface area contributed by atoms with Gasteiger partial charge in [-0.25, -0.2) is 4.79 Å². The number of carboxylic acids is 1. The molecule has 0 aromatic heterocycles. The van der Waals surface area contributed by atoms with Gasteiger partial charge >= 0.3 is 5.97 Å². The first-order valence-electron chi connectivity index (χ1n) is 5.82. The van der Waals surface area contributed by atoms with Crippen molar-refractivity contribution >= 4 is 11.8 Å². The zero-order chi connectivity index (χ0) is 13.1. The molecule has 0 spiro atoms. The Balaban J connectivity index is 3.12. The van der Waals surface area contributed by atoms with Crippen molar-refractivity contribution in [2.24, 2.45) is 5.41 Å². The molecule has 0 fully saturated rings. The highest BCUT2D eigenvalue weighted by atomic mass is 16.4. The predicted octanol–water partition coefficient (Wildman–Crippen LogP) is 3.39. The summed E-state index contributed by atoms with van der Waals surface area (Å²) in [6.07, 6.45) is 1.50. The minimum atomic E-state index is -1.01. The van der Waals surface area contributed by atoms with E-state index >= 15 is 0 Å². The van der Waals surface area contributed by atoms with E-state index in [9.17, 15) is 9.59 Å². The van der Waals surface area contributed by atoms with Gasteiger partial charge in [-0.1, -0.05) is 32.9 Å². The molecule has 3 nitrogen and oxygen atoms in total. The van der Waals surface area contributed by atoms with Crippen molar-refractivity contribution in [1.82, 2.24) is 0 Å². The molecule has 0 atom stereocenters. The molecule has 92 valence electrons. The van der Waals surface area contributed by atoms with Crippen LogP contribution in [0.5, 0.6) is 0 Å². The summed E-state index contributed by atoms with van der Waals surface area (Å²) < 4.78 is 0. The second-order valence-electron chi connectivity index (χ2n) is 4.48. The molecule has 0 aliphatic rings. The largest absolute Gasteiger partial charge is 0.478 e. The third-order valence-corrected chi connectivity index (χ3v) is 3.48. The first-order valence-corrected chi connectivity index (χ1v) is 5.82. The van der Waals surface area contributed by atoms with Crippen LogP contribution in [-0.2, 0) is 0 Å². The van der Waals surface area contributed by atoms with Gasteiger partial charge in [0.15, 0.2) is 5.78 Å². The van der Waals surface area contributed by atoms with Crippen LogP contribution in [0.3, 0.4) is 0 Å². The Morgan fingerprint density at radius 3 is 2.18 bits per heavy atom. The Labute approximate surface area is 101 Å². The van der Waals surface area contributed by atoms with Crippen molar-refractivity contribution < 1.29 is 14.7 Å². The monoisotopic (exact) mass is 234 g/mol. The van der Waals surface area contributed by atoms with E-state index in [1.165, 1.54) is 12.1 Å². The van der Waals surface area contributed by atoms with Crippen LogP contribution in [0.25, 0.3) is 0 Å². The van der Waals surface area contributed by atoms with E-state index in [1.807, 2.05) is 20.8 Å². The van der Waals surface area contributed by atoms with Gasteiger partial charge in [0.25, 0.3) is 0 Å². The third-order valence-electron chi connectivity index (χ3n) is 3.48. The van der Waals surface area contributed by atoms with E-state index in [0.29, 0.717) is 5.56 Å². The Bertz CT molecular complexity index is 431.